The van der Waals surface area contributed by atoms with Crippen molar-refractivity contribution in [2.45, 2.75) is 19.0 Å². The number of methoxy groups -OCH3 is 1. The molecule has 0 N–H and O–H groups in total. The first-order chi connectivity index (χ1) is 9.88. The summed E-state index contributed by atoms with van der Waals surface area (Å²) in [5.41, 5.74) is 3.43. The summed E-state index contributed by atoms with van der Waals surface area (Å²) >= 11 is 0. The molecule has 1 aliphatic heterocycles. The van der Waals surface area contributed by atoms with E-state index < -0.39 is 0 Å². The largest absolute Gasteiger partial charge is 0.374 e. The van der Waals surface area contributed by atoms with Crippen LogP contribution >= 0.6 is 0 Å². The molecule has 3 heteroatoms. The monoisotopic (exact) mass is 270 g/mol. The molecule has 0 bridgehead atoms. The van der Waals surface area contributed by atoms with E-state index in [2.05, 4.69) is 18.2 Å². The fraction of sp³-hybridized carbons (Fsp3) is 0.294. The van der Waals surface area contributed by atoms with Crippen LogP contribution in [0.15, 0.2) is 54.6 Å². The van der Waals surface area contributed by atoms with Crippen LogP contribution in [-0.2, 0) is 20.8 Å². The van der Waals surface area contributed by atoms with Crippen LogP contribution in [0.25, 0.3) is 0 Å². The van der Waals surface area contributed by atoms with Crippen molar-refractivity contribution in [1.29, 1.82) is 0 Å². The summed E-state index contributed by atoms with van der Waals surface area (Å²) in [5, 5.41) is 0. The molecule has 0 fully saturated rings. The Labute approximate surface area is 119 Å². The van der Waals surface area contributed by atoms with E-state index >= 15 is 0 Å². The molecule has 1 heterocycles. The summed E-state index contributed by atoms with van der Waals surface area (Å²) in [7, 11) is 1.66. The molecule has 0 unspecified atom stereocenters. The lowest BCUT2D eigenvalue weighted by Crippen LogP contribution is -2.08. The average Bonchev–Trinajstić information content (AvgIpc) is 2.87. The van der Waals surface area contributed by atoms with Crippen molar-refractivity contribution in [2.24, 2.45) is 0 Å². The van der Waals surface area contributed by atoms with E-state index in [9.17, 15) is 0 Å². The van der Waals surface area contributed by atoms with Gasteiger partial charge in [0, 0.05) is 12.7 Å². The number of hydrogen-bond acceptors (Lipinski definition) is 3. The maximum atomic E-state index is 5.87. The van der Waals surface area contributed by atoms with Gasteiger partial charge in [-0.1, -0.05) is 54.6 Å². The Morgan fingerprint density at radius 2 is 1.65 bits per heavy atom. The van der Waals surface area contributed by atoms with Crippen molar-refractivity contribution in [1.82, 2.24) is 0 Å². The SMILES string of the molecule is CO[C@@H]1O[C@H](COCc2ccccc2)c2ccccc21. The minimum atomic E-state index is -0.281. The Bertz CT molecular complexity index is 553. The van der Waals surface area contributed by atoms with Gasteiger partial charge in [0.2, 0.25) is 0 Å². The quantitative estimate of drug-likeness (QED) is 0.830. The number of benzene rings is 2. The summed E-state index contributed by atoms with van der Waals surface area (Å²) < 4.78 is 17.0. The molecule has 0 spiro atoms. The van der Waals surface area contributed by atoms with Gasteiger partial charge in [0.15, 0.2) is 6.29 Å². The number of hydrogen-bond donors (Lipinski definition) is 0. The molecular formula is C17H18O3. The van der Waals surface area contributed by atoms with Gasteiger partial charge in [0.25, 0.3) is 0 Å². The van der Waals surface area contributed by atoms with Gasteiger partial charge in [-0.25, -0.2) is 0 Å². The second kappa shape index (κ2) is 6.18. The van der Waals surface area contributed by atoms with E-state index in [1.165, 1.54) is 5.56 Å². The predicted octanol–water partition coefficient (Wildman–Crippen LogP) is 3.62. The molecule has 0 saturated heterocycles. The lowest BCUT2D eigenvalue weighted by atomic mass is 10.1. The Hall–Kier alpha value is -1.68. The van der Waals surface area contributed by atoms with E-state index in [-0.39, 0.29) is 12.4 Å². The molecule has 2 atom stereocenters. The Balaban J connectivity index is 1.62. The van der Waals surface area contributed by atoms with Crippen LogP contribution in [-0.4, -0.2) is 13.7 Å². The molecule has 3 nitrogen and oxygen atoms in total. The molecule has 2 aromatic rings. The zero-order chi connectivity index (χ0) is 13.8. The highest BCUT2D eigenvalue weighted by Crippen LogP contribution is 2.39. The first kappa shape index (κ1) is 13.3. The minimum Gasteiger partial charge on any atom is -0.374 e. The smallest absolute Gasteiger partial charge is 0.184 e. The van der Waals surface area contributed by atoms with Crippen molar-refractivity contribution >= 4 is 0 Å². The molecule has 0 amide bonds. The van der Waals surface area contributed by atoms with Crippen LogP contribution < -0.4 is 0 Å². The lowest BCUT2D eigenvalue weighted by Gasteiger charge is -2.13. The highest BCUT2D eigenvalue weighted by molar-refractivity contribution is 5.33. The van der Waals surface area contributed by atoms with Crippen molar-refractivity contribution in [3.8, 4) is 0 Å². The zero-order valence-electron chi connectivity index (χ0n) is 11.5. The minimum absolute atomic E-state index is 0.0557. The molecule has 0 saturated carbocycles. The fourth-order valence-electron chi connectivity index (χ4n) is 2.48. The van der Waals surface area contributed by atoms with Crippen molar-refractivity contribution in [3.63, 3.8) is 0 Å². The molecule has 0 aromatic heterocycles. The number of rotatable bonds is 5. The van der Waals surface area contributed by atoms with E-state index in [1.807, 2.05) is 36.4 Å². The topological polar surface area (TPSA) is 27.7 Å². The molecule has 3 rings (SSSR count). The Kier molecular flexibility index (Phi) is 4.11. The Morgan fingerprint density at radius 3 is 2.40 bits per heavy atom. The van der Waals surface area contributed by atoms with Gasteiger partial charge in [-0.15, -0.1) is 0 Å². The molecule has 104 valence electrons. The predicted molar refractivity (Wildman–Crippen MR) is 76.1 cm³/mol. The lowest BCUT2D eigenvalue weighted by molar-refractivity contribution is -0.157. The third-order valence-electron chi connectivity index (χ3n) is 3.48. The fourth-order valence-corrected chi connectivity index (χ4v) is 2.48. The van der Waals surface area contributed by atoms with Crippen LogP contribution in [0.4, 0.5) is 0 Å². The summed E-state index contributed by atoms with van der Waals surface area (Å²) in [6.45, 7) is 1.13. The van der Waals surface area contributed by atoms with Crippen molar-refractivity contribution < 1.29 is 14.2 Å². The zero-order valence-corrected chi connectivity index (χ0v) is 11.5. The Morgan fingerprint density at radius 1 is 0.950 bits per heavy atom. The second-order valence-electron chi connectivity index (χ2n) is 4.82. The van der Waals surface area contributed by atoms with Crippen LogP contribution in [0.5, 0.6) is 0 Å². The normalized spacial score (nSPS) is 20.9. The molecule has 1 aliphatic rings. The summed E-state index contributed by atoms with van der Waals surface area (Å²) in [5.74, 6) is 0. The van der Waals surface area contributed by atoms with E-state index in [0.717, 1.165) is 11.1 Å². The van der Waals surface area contributed by atoms with E-state index in [4.69, 9.17) is 14.2 Å². The third kappa shape index (κ3) is 2.75. The molecular weight excluding hydrogens is 252 g/mol. The molecule has 20 heavy (non-hydrogen) atoms. The average molecular weight is 270 g/mol. The molecule has 0 radical (unpaired) electrons. The first-order valence-electron chi connectivity index (χ1n) is 6.77. The summed E-state index contributed by atoms with van der Waals surface area (Å²) in [6, 6.07) is 18.3. The van der Waals surface area contributed by atoms with Crippen molar-refractivity contribution in [2.75, 3.05) is 13.7 Å². The summed E-state index contributed by atoms with van der Waals surface area (Å²) in [6.07, 6.45) is -0.337. The number of fused-ring (bicyclic) bond motifs is 1. The van der Waals surface area contributed by atoms with E-state index in [0.29, 0.717) is 13.2 Å². The summed E-state index contributed by atoms with van der Waals surface area (Å²) in [4.78, 5) is 0. The van der Waals surface area contributed by atoms with Gasteiger partial charge in [-0.3, -0.25) is 0 Å². The van der Waals surface area contributed by atoms with Gasteiger partial charge in [-0.2, -0.15) is 0 Å². The van der Waals surface area contributed by atoms with Gasteiger partial charge in [0.1, 0.15) is 6.10 Å². The molecule has 2 aromatic carbocycles. The maximum absolute atomic E-state index is 5.87. The second-order valence-corrected chi connectivity index (χ2v) is 4.82. The van der Waals surface area contributed by atoms with E-state index in [1.54, 1.807) is 7.11 Å². The van der Waals surface area contributed by atoms with Crippen LogP contribution in [0.2, 0.25) is 0 Å². The van der Waals surface area contributed by atoms with Crippen LogP contribution in [0.3, 0.4) is 0 Å². The molecule has 0 aliphatic carbocycles. The van der Waals surface area contributed by atoms with Crippen LogP contribution in [0, 0.1) is 0 Å². The van der Waals surface area contributed by atoms with Gasteiger partial charge in [0.05, 0.1) is 13.2 Å². The standard InChI is InChI=1S/C17H18O3/c1-18-17-15-10-6-5-9-14(15)16(20-17)12-19-11-13-7-3-2-4-8-13/h2-10,16-17H,11-12H2,1H3/t16-,17-/m1/s1. The van der Waals surface area contributed by atoms with Gasteiger partial charge >= 0.3 is 0 Å². The number of ether oxygens (including phenoxy) is 3. The van der Waals surface area contributed by atoms with Crippen molar-refractivity contribution in [3.05, 3.63) is 71.3 Å². The highest BCUT2D eigenvalue weighted by atomic mass is 16.7. The highest BCUT2D eigenvalue weighted by Gasteiger charge is 2.31. The maximum Gasteiger partial charge on any atom is 0.184 e. The van der Waals surface area contributed by atoms with Crippen LogP contribution in [0.1, 0.15) is 29.1 Å². The van der Waals surface area contributed by atoms with Gasteiger partial charge < -0.3 is 14.2 Å². The van der Waals surface area contributed by atoms with Gasteiger partial charge in [-0.05, 0) is 11.1 Å². The third-order valence-corrected chi connectivity index (χ3v) is 3.48. The first-order valence-corrected chi connectivity index (χ1v) is 6.77.